The third-order valence-electron chi connectivity index (χ3n) is 3.99. The summed E-state index contributed by atoms with van der Waals surface area (Å²) in [6, 6.07) is 0. The molecule has 0 aliphatic heterocycles. The lowest BCUT2D eigenvalue weighted by Gasteiger charge is -2.02. The maximum Gasteiger partial charge on any atom is -0.0351 e. The molecule has 0 spiro atoms. The summed E-state index contributed by atoms with van der Waals surface area (Å²) in [6.07, 6.45) is 26.9. The van der Waals surface area contributed by atoms with Crippen molar-refractivity contribution in [3.8, 4) is 0 Å². The predicted octanol–water partition coefficient (Wildman–Crippen LogP) is 7.64. The van der Waals surface area contributed by atoms with Crippen LogP contribution in [0.25, 0.3) is 0 Å². The van der Waals surface area contributed by atoms with Gasteiger partial charge in [-0.3, -0.25) is 0 Å². The first-order valence-corrected chi connectivity index (χ1v) is 9.36. The van der Waals surface area contributed by atoms with Gasteiger partial charge in [-0.2, -0.15) is 0 Å². The summed E-state index contributed by atoms with van der Waals surface area (Å²) in [5.41, 5.74) is 0. The van der Waals surface area contributed by atoms with Gasteiger partial charge < -0.3 is 0 Å². The van der Waals surface area contributed by atoms with Crippen LogP contribution >= 0.6 is 0 Å². The van der Waals surface area contributed by atoms with Gasteiger partial charge in [-0.05, 0) is 19.3 Å². The molecule has 0 atom stereocenters. The summed E-state index contributed by atoms with van der Waals surface area (Å²) >= 11 is 0. The summed E-state index contributed by atoms with van der Waals surface area (Å²) in [7, 11) is 0. The molecular formula is C20H39. The highest BCUT2D eigenvalue weighted by Crippen LogP contribution is 2.13. The molecule has 0 nitrogen and oxygen atoms in total. The smallest absolute Gasteiger partial charge is 0.0351 e. The lowest BCUT2D eigenvalue weighted by molar-refractivity contribution is 0.542. The lowest BCUT2D eigenvalue weighted by atomic mass is 10.0. The highest BCUT2D eigenvalue weighted by molar-refractivity contribution is 4.80. The summed E-state index contributed by atoms with van der Waals surface area (Å²) < 4.78 is 0. The minimum atomic E-state index is 1.12. The first kappa shape index (κ1) is 19.7. The van der Waals surface area contributed by atoms with Gasteiger partial charge in [-0.1, -0.05) is 109 Å². The zero-order valence-electron chi connectivity index (χ0n) is 14.2. The molecule has 0 aliphatic carbocycles. The molecule has 0 N–H and O–H groups in total. The van der Waals surface area contributed by atoms with Gasteiger partial charge in [0.2, 0.25) is 0 Å². The topological polar surface area (TPSA) is 0 Å². The molecule has 119 valence electrons. The molecule has 0 amide bonds. The Kier molecular flexibility index (Phi) is 18.5. The van der Waals surface area contributed by atoms with E-state index >= 15 is 0 Å². The van der Waals surface area contributed by atoms with Crippen LogP contribution in [0.3, 0.4) is 0 Å². The minimum Gasteiger partial charge on any atom is -0.0885 e. The van der Waals surface area contributed by atoms with E-state index in [-0.39, 0.29) is 0 Å². The van der Waals surface area contributed by atoms with E-state index in [1.165, 1.54) is 96.3 Å². The predicted molar refractivity (Wildman–Crippen MR) is 94.0 cm³/mol. The zero-order chi connectivity index (χ0) is 14.7. The summed E-state index contributed by atoms with van der Waals surface area (Å²) in [5, 5.41) is 0. The Morgan fingerprint density at radius 3 is 1.40 bits per heavy atom. The largest absolute Gasteiger partial charge is 0.0885 e. The van der Waals surface area contributed by atoms with Gasteiger partial charge in [0, 0.05) is 0 Å². The van der Waals surface area contributed by atoms with Crippen molar-refractivity contribution in [1.29, 1.82) is 0 Å². The average molecular weight is 280 g/mol. The van der Waals surface area contributed by atoms with E-state index in [4.69, 9.17) is 0 Å². The molecule has 0 rings (SSSR count). The summed E-state index contributed by atoms with van der Waals surface area (Å²) in [6.45, 7) is 6.13. The molecule has 0 saturated heterocycles. The fourth-order valence-corrected chi connectivity index (χ4v) is 2.61. The molecule has 1 radical (unpaired) electrons. The quantitative estimate of drug-likeness (QED) is 0.201. The molecule has 0 aliphatic rings. The normalized spacial score (nSPS) is 11.5. The lowest BCUT2D eigenvalue weighted by Crippen LogP contribution is -1.82. The summed E-state index contributed by atoms with van der Waals surface area (Å²) in [4.78, 5) is 0. The van der Waals surface area contributed by atoms with Crippen LogP contribution in [0.4, 0.5) is 0 Å². The van der Waals surface area contributed by atoms with Crippen LogP contribution in [0.15, 0.2) is 12.2 Å². The maximum atomic E-state index is 3.89. The molecule has 0 fully saturated rings. The zero-order valence-corrected chi connectivity index (χ0v) is 14.2. The number of rotatable bonds is 16. The first-order chi connectivity index (χ1) is 9.91. The Labute approximate surface area is 129 Å². The van der Waals surface area contributed by atoms with Gasteiger partial charge in [-0.25, -0.2) is 0 Å². The van der Waals surface area contributed by atoms with Crippen LogP contribution in [0, 0.1) is 6.92 Å². The summed E-state index contributed by atoms with van der Waals surface area (Å²) in [5.74, 6) is 0. The fraction of sp³-hybridized carbons (Fsp3) is 0.850. The molecule has 0 saturated carbocycles. The number of allylic oxidation sites excluding steroid dienone is 2. The van der Waals surface area contributed by atoms with Crippen LogP contribution in [0.2, 0.25) is 0 Å². The third-order valence-corrected chi connectivity index (χ3v) is 3.99. The standard InChI is InChI=1S/C20H39/c1-3-5-7-9-11-13-15-17-19-20-18-16-14-12-10-8-6-4-2/h8,10H,1,3-7,9,11-20H2,2H3/b10-8+. The van der Waals surface area contributed by atoms with Crippen molar-refractivity contribution in [2.75, 3.05) is 0 Å². The molecule has 0 aromatic heterocycles. The van der Waals surface area contributed by atoms with Crippen LogP contribution < -0.4 is 0 Å². The number of hydrogen-bond acceptors (Lipinski definition) is 0. The van der Waals surface area contributed by atoms with Gasteiger partial charge in [0.1, 0.15) is 0 Å². The van der Waals surface area contributed by atoms with Crippen LogP contribution in [-0.4, -0.2) is 0 Å². The Balaban J connectivity index is 2.96. The Bertz CT molecular complexity index is 180. The van der Waals surface area contributed by atoms with E-state index in [9.17, 15) is 0 Å². The van der Waals surface area contributed by atoms with Gasteiger partial charge in [0.15, 0.2) is 0 Å². The van der Waals surface area contributed by atoms with E-state index < -0.39 is 0 Å². The van der Waals surface area contributed by atoms with Gasteiger partial charge in [0.05, 0.1) is 0 Å². The Morgan fingerprint density at radius 1 is 0.550 bits per heavy atom. The van der Waals surface area contributed by atoms with Gasteiger partial charge in [0.25, 0.3) is 0 Å². The molecule has 0 bridgehead atoms. The third kappa shape index (κ3) is 17.7. The van der Waals surface area contributed by atoms with Crippen molar-refractivity contribution in [3.05, 3.63) is 19.1 Å². The molecule has 0 heteroatoms. The fourth-order valence-electron chi connectivity index (χ4n) is 2.61. The molecular weight excluding hydrogens is 240 g/mol. The molecule has 0 aromatic rings. The highest BCUT2D eigenvalue weighted by atomic mass is 14.0. The van der Waals surface area contributed by atoms with Gasteiger partial charge in [-0.15, -0.1) is 0 Å². The number of unbranched alkanes of at least 4 members (excludes halogenated alkanes) is 14. The average Bonchev–Trinajstić information content (AvgIpc) is 2.47. The molecule has 0 aromatic carbocycles. The van der Waals surface area contributed by atoms with Crippen LogP contribution in [0.1, 0.15) is 110 Å². The maximum absolute atomic E-state index is 3.89. The van der Waals surface area contributed by atoms with Crippen molar-refractivity contribution >= 4 is 0 Å². The van der Waals surface area contributed by atoms with Crippen molar-refractivity contribution in [2.24, 2.45) is 0 Å². The molecule has 20 heavy (non-hydrogen) atoms. The Morgan fingerprint density at radius 2 is 0.950 bits per heavy atom. The van der Waals surface area contributed by atoms with Crippen LogP contribution in [-0.2, 0) is 0 Å². The van der Waals surface area contributed by atoms with E-state index in [1.54, 1.807) is 0 Å². The van der Waals surface area contributed by atoms with E-state index in [0.29, 0.717) is 0 Å². The second-order valence-electron chi connectivity index (χ2n) is 6.14. The van der Waals surface area contributed by atoms with E-state index in [2.05, 4.69) is 26.0 Å². The van der Waals surface area contributed by atoms with Crippen molar-refractivity contribution in [3.63, 3.8) is 0 Å². The van der Waals surface area contributed by atoms with Crippen molar-refractivity contribution in [1.82, 2.24) is 0 Å². The minimum absolute atomic E-state index is 1.12. The number of hydrogen-bond donors (Lipinski definition) is 0. The van der Waals surface area contributed by atoms with Crippen LogP contribution in [0.5, 0.6) is 0 Å². The van der Waals surface area contributed by atoms with Crippen molar-refractivity contribution in [2.45, 2.75) is 110 Å². The highest BCUT2D eigenvalue weighted by Gasteiger charge is 1.93. The van der Waals surface area contributed by atoms with Crippen molar-refractivity contribution < 1.29 is 0 Å². The first-order valence-electron chi connectivity index (χ1n) is 9.36. The molecule has 0 unspecified atom stereocenters. The molecule has 0 heterocycles. The SMILES string of the molecule is [CH2]CCCCCCCCCCCCCC/C=C/CCC. The Hall–Kier alpha value is -0.260. The van der Waals surface area contributed by atoms with E-state index in [1.807, 2.05) is 0 Å². The monoisotopic (exact) mass is 279 g/mol. The second kappa shape index (κ2) is 18.7. The van der Waals surface area contributed by atoms with E-state index in [0.717, 1.165) is 6.42 Å². The van der Waals surface area contributed by atoms with Gasteiger partial charge >= 0.3 is 0 Å². The second-order valence-corrected chi connectivity index (χ2v) is 6.14.